The monoisotopic (exact) mass is 208 g/mol. The van der Waals surface area contributed by atoms with Crippen LogP contribution in [0.5, 0.6) is 5.75 Å². The van der Waals surface area contributed by atoms with Crippen molar-refractivity contribution < 1.29 is 9.84 Å². The zero-order valence-corrected chi connectivity index (χ0v) is 10.2. The van der Waals surface area contributed by atoms with Crippen LogP contribution in [-0.2, 0) is 5.41 Å². The van der Waals surface area contributed by atoms with Gasteiger partial charge in [-0.3, -0.25) is 0 Å². The Morgan fingerprint density at radius 2 is 1.87 bits per heavy atom. The van der Waals surface area contributed by atoms with Crippen LogP contribution in [-0.4, -0.2) is 12.2 Å². The molecule has 1 aromatic rings. The summed E-state index contributed by atoms with van der Waals surface area (Å²) in [6.07, 6.45) is -0.433. The predicted octanol–water partition coefficient (Wildman–Crippen LogP) is 3.05. The first-order valence-electron chi connectivity index (χ1n) is 5.22. The van der Waals surface area contributed by atoms with Gasteiger partial charge in [0.2, 0.25) is 0 Å². The highest BCUT2D eigenvalue weighted by Crippen LogP contribution is 2.33. The molecule has 2 heteroatoms. The lowest BCUT2D eigenvalue weighted by Gasteiger charge is -2.23. The van der Waals surface area contributed by atoms with E-state index in [4.69, 9.17) is 4.74 Å². The second-order valence-electron chi connectivity index (χ2n) is 4.89. The highest BCUT2D eigenvalue weighted by Gasteiger charge is 2.19. The van der Waals surface area contributed by atoms with Crippen LogP contribution < -0.4 is 4.74 Å². The maximum Gasteiger partial charge on any atom is 0.122 e. The van der Waals surface area contributed by atoms with Crippen molar-refractivity contribution in [2.24, 2.45) is 0 Å². The van der Waals surface area contributed by atoms with Crippen molar-refractivity contribution in [2.45, 2.75) is 39.2 Å². The van der Waals surface area contributed by atoms with E-state index in [9.17, 15) is 5.11 Å². The largest absolute Gasteiger partial charge is 0.496 e. The van der Waals surface area contributed by atoms with Gasteiger partial charge in [-0.15, -0.1) is 0 Å². The van der Waals surface area contributed by atoms with Crippen molar-refractivity contribution in [3.63, 3.8) is 0 Å². The summed E-state index contributed by atoms with van der Waals surface area (Å²) in [7, 11) is 1.67. The molecular formula is C13H20O2. The maximum absolute atomic E-state index is 9.54. The van der Waals surface area contributed by atoms with E-state index in [-0.39, 0.29) is 5.41 Å². The first kappa shape index (κ1) is 12.1. The van der Waals surface area contributed by atoms with E-state index in [0.717, 1.165) is 16.9 Å². The van der Waals surface area contributed by atoms with E-state index in [1.54, 1.807) is 14.0 Å². The Hall–Kier alpha value is -1.02. The average molecular weight is 208 g/mol. The maximum atomic E-state index is 9.54. The van der Waals surface area contributed by atoms with Crippen LogP contribution in [0.15, 0.2) is 18.2 Å². The summed E-state index contributed by atoms with van der Waals surface area (Å²) in [5.41, 5.74) is 2.08. The zero-order valence-electron chi connectivity index (χ0n) is 10.2. The molecule has 84 valence electrons. The quantitative estimate of drug-likeness (QED) is 0.809. The third-order valence-corrected chi connectivity index (χ3v) is 2.51. The van der Waals surface area contributed by atoms with E-state index in [0.29, 0.717) is 0 Å². The van der Waals surface area contributed by atoms with Gasteiger partial charge in [0.15, 0.2) is 0 Å². The summed E-state index contributed by atoms with van der Waals surface area (Å²) in [5.74, 6) is 0.881. The smallest absolute Gasteiger partial charge is 0.122 e. The summed E-state index contributed by atoms with van der Waals surface area (Å²) in [5, 5.41) is 9.54. The van der Waals surface area contributed by atoms with Gasteiger partial charge in [-0.2, -0.15) is 0 Å². The highest BCUT2D eigenvalue weighted by atomic mass is 16.5. The molecule has 0 fully saturated rings. The third kappa shape index (κ3) is 2.72. The number of aliphatic hydroxyl groups is 1. The summed E-state index contributed by atoms with van der Waals surface area (Å²) >= 11 is 0. The van der Waals surface area contributed by atoms with Crippen molar-refractivity contribution in [1.82, 2.24) is 0 Å². The van der Waals surface area contributed by atoms with E-state index in [1.165, 1.54) is 0 Å². The van der Waals surface area contributed by atoms with Crippen LogP contribution in [0.25, 0.3) is 0 Å². The SMILES string of the molecule is COc1ccc(C(C)O)cc1C(C)(C)C. The number of hydrogen-bond donors (Lipinski definition) is 1. The van der Waals surface area contributed by atoms with Crippen LogP contribution in [0.3, 0.4) is 0 Å². The molecule has 0 radical (unpaired) electrons. The highest BCUT2D eigenvalue weighted by molar-refractivity contribution is 5.42. The fourth-order valence-corrected chi connectivity index (χ4v) is 1.57. The molecule has 0 heterocycles. The molecule has 0 aliphatic carbocycles. The van der Waals surface area contributed by atoms with Gasteiger partial charge in [0.05, 0.1) is 13.2 Å². The normalized spacial score (nSPS) is 13.7. The minimum Gasteiger partial charge on any atom is -0.496 e. The van der Waals surface area contributed by atoms with Gasteiger partial charge in [-0.1, -0.05) is 26.8 Å². The fourth-order valence-electron chi connectivity index (χ4n) is 1.57. The van der Waals surface area contributed by atoms with Crippen molar-refractivity contribution in [1.29, 1.82) is 0 Å². The minimum atomic E-state index is -0.433. The molecule has 1 rings (SSSR count). The molecule has 0 amide bonds. The summed E-state index contributed by atoms with van der Waals surface area (Å²) in [6.45, 7) is 8.18. The average Bonchev–Trinajstić information content (AvgIpc) is 2.15. The molecule has 2 nitrogen and oxygen atoms in total. The summed E-state index contributed by atoms with van der Waals surface area (Å²) in [6, 6.07) is 5.84. The van der Waals surface area contributed by atoms with Gasteiger partial charge < -0.3 is 9.84 Å². The number of ether oxygens (including phenoxy) is 1. The predicted molar refractivity (Wildman–Crippen MR) is 62.3 cm³/mol. The van der Waals surface area contributed by atoms with Crippen LogP contribution in [0, 0.1) is 0 Å². The Morgan fingerprint density at radius 3 is 2.27 bits per heavy atom. The third-order valence-electron chi connectivity index (χ3n) is 2.51. The first-order chi connectivity index (χ1) is 6.86. The van der Waals surface area contributed by atoms with Crippen LogP contribution in [0.2, 0.25) is 0 Å². The molecule has 0 aromatic heterocycles. The van der Waals surface area contributed by atoms with E-state index in [1.807, 2.05) is 18.2 Å². The lowest BCUT2D eigenvalue weighted by Crippen LogP contribution is -2.13. The number of aliphatic hydroxyl groups excluding tert-OH is 1. The van der Waals surface area contributed by atoms with Gasteiger partial charge in [0.25, 0.3) is 0 Å². The number of rotatable bonds is 2. The van der Waals surface area contributed by atoms with E-state index in [2.05, 4.69) is 20.8 Å². The van der Waals surface area contributed by atoms with E-state index < -0.39 is 6.10 Å². The standard InChI is InChI=1S/C13H20O2/c1-9(14)10-6-7-12(15-5)11(8-10)13(2,3)4/h6-9,14H,1-5H3. The van der Waals surface area contributed by atoms with Crippen molar-refractivity contribution in [2.75, 3.05) is 7.11 Å². The Morgan fingerprint density at radius 1 is 1.27 bits per heavy atom. The van der Waals surface area contributed by atoms with Crippen LogP contribution in [0.4, 0.5) is 0 Å². The number of benzene rings is 1. The number of hydrogen-bond acceptors (Lipinski definition) is 2. The second kappa shape index (κ2) is 4.23. The Kier molecular flexibility index (Phi) is 3.40. The second-order valence-corrected chi connectivity index (χ2v) is 4.89. The van der Waals surface area contributed by atoms with Gasteiger partial charge in [-0.25, -0.2) is 0 Å². The van der Waals surface area contributed by atoms with Gasteiger partial charge in [0.1, 0.15) is 5.75 Å². The molecule has 0 spiro atoms. The lowest BCUT2D eigenvalue weighted by atomic mass is 9.85. The zero-order chi connectivity index (χ0) is 11.6. The van der Waals surface area contributed by atoms with Crippen LogP contribution in [0.1, 0.15) is 44.9 Å². The molecule has 0 saturated heterocycles. The molecule has 1 N–H and O–H groups in total. The summed E-state index contributed by atoms with van der Waals surface area (Å²) in [4.78, 5) is 0. The molecule has 1 atom stereocenters. The molecule has 0 saturated carbocycles. The fraction of sp³-hybridized carbons (Fsp3) is 0.538. The first-order valence-corrected chi connectivity index (χ1v) is 5.22. The molecule has 0 bridgehead atoms. The number of methoxy groups -OCH3 is 1. The summed E-state index contributed by atoms with van der Waals surface area (Å²) < 4.78 is 5.32. The van der Waals surface area contributed by atoms with Crippen molar-refractivity contribution in [3.05, 3.63) is 29.3 Å². The molecule has 0 aliphatic rings. The van der Waals surface area contributed by atoms with Crippen molar-refractivity contribution >= 4 is 0 Å². The Labute approximate surface area is 91.9 Å². The van der Waals surface area contributed by atoms with Gasteiger partial charge >= 0.3 is 0 Å². The molecule has 1 unspecified atom stereocenters. The Balaban J connectivity index is 3.26. The Bertz CT molecular complexity index is 335. The van der Waals surface area contributed by atoms with E-state index >= 15 is 0 Å². The van der Waals surface area contributed by atoms with Crippen LogP contribution >= 0.6 is 0 Å². The molecule has 1 aromatic carbocycles. The van der Waals surface area contributed by atoms with Gasteiger partial charge in [-0.05, 0) is 35.6 Å². The minimum absolute atomic E-state index is 0.0241. The molecular weight excluding hydrogens is 188 g/mol. The molecule has 0 aliphatic heterocycles. The topological polar surface area (TPSA) is 29.5 Å². The van der Waals surface area contributed by atoms with Crippen molar-refractivity contribution in [3.8, 4) is 5.75 Å². The van der Waals surface area contributed by atoms with Gasteiger partial charge in [0, 0.05) is 0 Å². The molecule has 15 heavy (non-hydrogen) atoms. The lowest BCUT2D eigenvalue weighted by molar-refractivity contribution is 0.199.